The number of thiophene rings is 1. The summed E-state index contributed by atoms with van der Waals surface area (Å²) in [6.45, 7) is 1.37. The predicted octanol–water partition coefficient (Wildman–Crippen LogP) is 1.08. The standard InChI is InChI=1S/C10H12BrNO4S/c1-5-3-7(17-8(5)11)9(14)12-6(4-13)10(15)16-2/h3,6,13H,4H2,1-2H3,(H,12,14). The first-order valence-electron chi connectivity index (χ1n) is 4.75. The fourth-order valence-corrected chi connectivity index (χ4v) is 2.56. The Morgan fingerprint density at radius 2 is 2.29 bits per heavy atom. The van der Waals surface area contributed by atoms with Crippen LogP contribution in [-0.4, -0.2) is 36.7 Å². The van der Waals surface area contributed by atoms with Gasteiger partial charge in [-0.2, -0.15) is 0 Å². The summed E-state index contributed by atoms with van der Waals surface area (Å²) < 4.78 is 5.31. The number of ether oxygens (including phenoxy) is 1. The predicted molar refractivity (Wildman–Crippen MR) is 67.1 cm³/mol. The van der Waals surface area contributed by atoms with Crippen molar-refractivity contribution in [2.75, 3.05) is 13.7 Å². The summed E-state index contributed by atoms with van der Waals surface area (Å²) in [6.07, 6.45) is 0. The monoisotopic (exact) mass is 321 g/mol. The van der Waals surface area contributed by atoms with Gasteiger partial charge in [0.05, 0.1) is 22.4 Å². The molecule has 2 N–H and O–H groups in total. The summed E-state index contributed by atoms with van der Waals surface area (Å²) in [7, 11) is 1.20. The summed E-state index contributed by atoms with van der Waals surface area (Å²) >= 11 is 4.57. The number of nitrogens with one attached hydrogen (secondary N) is 1. The summed E-state index contributed by atoms with van der Waals surface area (Å²) in [5, 5.41) is 11.4. The largest absolute Gasteiger partial charge is 0.467 e. The van der Waals surface area contributed by atoms with Gasteiger partial charge in [-0.05, 0) is 34.5 Å². The molecule has 1 amide bonds. The molecule has 1 unspecified atom stereocenters. The molecule has 5 nitrogen and oxygen atoms in total. The zero-order valence-electron chi connectivity index (χ0n) is 9.32. The maximum absolute atomic E-state index is 11.8. The average molecular weight is 322 g/mol. The molecule has 17 heavy (non-hydrogen) atoms. The minimum atomic E-state index is -1.03. The number of amides is 1. The molecule has 0 aromatic carbocycles. The number of methoxy groups -OCH3 is 1. The Balaban J connectivity index is 2.74. The van der Waals surface area contributed by atoms with Crippen LogP contribution < -0.4 is 5.32 Å². The van der Waals surface area contributed by atoms with E-state index in [0.29, 0.717) is 4.88 Å². The smallest absolute Gasteiger partial charge is 0.330 e. The molecule has 1 aromatic rings. The molecule has 0 saturated carbocycles. The minimum Gasteiger partial charge on any atom is -0.467 e. The molecule has 0 saturated heterocycles. The van der Waals surface area contributed by atoms with Crippen molar-refractivity contribution in [3.8, 4) is 0 Å². The second-order valence-electron chi connectivity index (χ2n) is 3.30. The molecule has 0 aliphatic carbocycles. The molecular weight excluding hydrogens is 310 g/mol. The fourth-order valence-electron chi connectivity index (χ4n) is 1.12. The van der Waals surface area contributed by atoms with Gasteiger partial charge in [-0.25, -0.2) is 4.79 Å². The first-order chi connectivity index (χ1) is 7.99. The lowest BCUT2D eigenvalue weighted by molar-refractivity contribution is -0.143. The number of rotatable bonds is 4. The molecule has 0 spiro atoms. The van der Waals surface area contributed by atoms with E-state index in [1.54, 1.807) is 6.07 Å². The number of aliphatic hydroxyl groups is 1. The van der Waals surface area contributed by atoms with Crippen molar-refractivity contribution in [3.05, 3.63) is 20.3 Å². The first-order valence-corrected chi connectivity index (χ1v) is 6.36. The van der Waals surface area contributed by atoms with Crippen LogP contribution in [0.2, 0.25) is 0 Å². The van der Waals surface area contributed by atoms with E-state index in [1.165, 1.54) is 18.4 Å². The van der Waals surface area contributed by atoms with Gasteiger partial charge >= 0.3 is 5.97 Å². The molecular formula is C10H12BrNO4S. The van der Waals surface area contributed by atoms with Crippen molar-refractivity contribution in [2.45, 2.75) is 13.0 Å². The third-order valence-electron chi connectivity index (χ3n) is 2.05. The lowest BCUT2D eigenvalue weighted by Crippen LogP contribution is -2.43. The Morgan fingerprint density at radius 3 is 2.71 bits per heavy atom. The average Bonchev–Trinajstić information content (AvgIpc) is 2.65. The second kappa shape index (κ2) is 6.13. The second-order valence-corrected chi connectivity index (χ2v) is 5.67. The van der Waals surface area contributed by atoms with E-state index >= 15 is 0 Å². The van der Waals surface area contributed by atoms with E-state index in [-0.39, 0.29) is 0 Å². The maximum Gasteiger partial charge on any atom is 0.330 e. The van der Waals surface area contributed by atoms with E-state index in [4.69, 9.17) is 5.11 Å². The van der Waals surface area contributed by atoms with Crippen LogP contribution in [0.15, 0.2) is 9.85 Å². The topological polar surface area (TPSA) is 75.6 Å². The molecule has 94 valence electrons. The summed E-state index contributed by atoms with van der Waals surface area (Å²) in [6, 6.07) is 0.671. The number of hydrogen-bond donors (Lipinski definition) is 2. The Bertz CT molecular complexity index is 412. The molecule has 1 atom stereocenters. The van der Waals surface area contributed by atoms with Crippen LogP contribution in [0.1, 0.15) is 15.2 Å². The van der Waals surface area contributed by atoms with E-state index in [2.05, 4.69) is 26.0 Å². The van der Waals surface area contributed by atoms with Gasteiger partial charge in [0.25, 0.3) is 5.91 Å². The van der Waals surface area contributed by atoms with E-state index in [1.807, 2.05) is 6.92 Å². The lowest BCUT2D eigenvalue weighted by Gasteiger charge is -2.12. The van der Waals surface area contributed by atoms with Gasteiger partial charge in [-0.3, -0.25) is 4.79 Å². The van der Waals surface area contributed by atoms with Gasteiger partial charge in [0.15, 0.2) is 6.04 Å². The zero-order valence-corrected chi connectivity index (χ0v) is 11.7. The summed E-state index contributed by atoms with van der Waals surface area (Å²) in [5.74, 6) is -1.08. The van der Waals surface area contributed by atoms with Crippen LogP contribution in [0.3, 0.4) is 0 Å². The van der Waals surface area contributed by atoms with Crippen LogP contribution in [0.25, 0.3) is 0 Å². The highest BCUT2D eigenvalue weighted by Crippen LogP contribution is 2.27. The number of aryl methyl sites for hydroxylation is 1. The molecule has 7 heteroatoms. The Morgan fingerprint density at radius 1 is 1.65 bits per heavy atom. The number of carbonyl (C=O) groups is 2. The number of carbonyl (C=O) groups excluding carboxylic acids is 2. The Hall–Kier alpha value is -0.920. The van der Waals surface area contributed by atoms with Gasteiger partial charge in [0, 0.05) is 0 Å². The zero-order chi connectivity index (χ0) is 13.0. The van der Waals surface area contributed by atoms with Gasteiger partial charge in [-0.15, -0.1) is 11.3 Å². The molecule has 1 rings (SSSR count). The number of hydrogen-bond acceptors (Lipinski definition) is 5. The maximum atomic E-state index is 11.8. The molecule has 0 aliphatic heterocycles. The van der Waals surface area contributed by atoms with Crippen LogP contribution in [-0.2, 0) is 9.53 Å². The van der Waals surface area contributed by atoms with Gasteiger partial charge < -0.3 is 15.2 Å². The molecule has 0 radical (unpaired) electrons. The minimum absolute atomic E-state index is 0.409. The van der Waals surface area contributed by atoms with E-state index < -0.39 is 24.5 Å². The Labute approximate surface area is 111 Å². The van der Waals surface area contributed by atoms with Crippen molar-refractivity contribution < 1.29 is 19.4 Å². The first kappa shape index (κ1) is 14.1. The number of aliphatic hydroxyl groups excluding tert-OH is 1. The van der Waals surface area contributed by atoms with E-state index in [0.717, 1.165) is 9.35 Å². The van der Waals surface area contributed by atoms with Crippen LogP contribution in [0, 0.1) is 6.92 Å². The molecule has 0 aliphatic rings. The normalized spacial score (nSPS) is 12.0. The van der Waals surface area contributed by atoms with Gasteiger partial charge in [0.2, 0.25) is 0 Å². The van der Waals surface area contributed by atoms with Gasteiger partial charge in [-0.1, -0.05) is 0 Å². The number of esters is 1. The van der Waals surface area contributed by atoms with Crippen molar-refractivity contribution in [2.24, 2.45) is 0 Å². The number of halogens is 1. The van der Waals surface area contributed by atoms with Gasteiger partial charge in [0.1, 0.15) is 0 Å². The third-order valence-corrected chi connectivity index (χ3v) is 4.19. The van der Waals surface area contributed by atoms with E-state index in [9.17, 15) is 9.59 Å². The third kappa shape index (κ3) is 3.52. The van der Waals surface area contributed by atoms with Crippen molar-refractivity contribution in [1.82, 2.24) is 5.32 Å². The summed E-state index contributed by atoms with van der Waals surface area (Å²) in [5.41, 5.74) is 0.943. The molecule has 0 bridgehead atoms. The lowest BCUT2D eigenvalue weighted by atomic mass is 10.3. The quantitative estimate of drug-likeness (QED) is 0.814. The van der Waals surface area contributed by atoms with Crippen LogP contribution in [0.4, 0.5) is 0 Å². The highest BCUT2D eigenvalue weighted by molar-refractivity contribution is 9.11. The molecule has 1 aromatic heterocycles. The van der Waals surface area contributed by atoms with Crippen LogP contribution in [0.5, 0.6) is 0 Å². The Kier molecular flexibility index (Phi) is 5.10. The molecule has 0 fully saturated rings. The van der Waals surface area contributed by atoms with Crippen molar-refractivity contribution >= 4 is 39.1 Å². The van der Waals surface area contributed by atoms with Crippen LogP contribution >= 0.6 is 27.3 Å². The van der Waals surface area contributed by atoms with Crippen molar-refractivity contribution in [3.63, 3.8) is 0 Å². The fraction of sp³-hybridized carbons (Fsp3) is 0.400. The highest BCUT2D eigenvalue weighted by atomic mass is 79.9. The SMILES string of the molecule is COC(=O)C(CO)NC(=O)c1cc(C)c(Br)s1. The highest BCUT2D eigenvalue weighted by Gasteiger charge is 2.22. The van der Waals surface area contributed by atoms with Crippen molar-refractivity contribution in [1.29, 1.82) is 0 Å². The summed E-state index contributed by atoms with van der Waals surface area (Å²) in [4.78, 5) is 23.4. The molecule has 1 heterocycles.